The maximum absolute atomic E-state index is 10.2. The molecule has 2 unspecified atom stereocenters. The van der Waals surface area contributed by atoms with Gasteiger partial charge >= 0.3 is 0 Å². The summed E-state index contributed by atoms with van der Waals surface area (Å²) in [5.41, 5.74) is 5.03. The molecule has 0 saturated heterocycles. The van der Waals surface area contributed by atoms with Crippen LogP contribution in [0.4, 0.5) is 0 Å². The van der Waals surface area contributed by atoms with Gasteiger partial charge in [0.25, 0.3) is 0 Å². The maximum Gasteiger partial charge on any atom is 0.0996 e. The normalized spacial score (nSPS) is 20.4. The lowest BCUT2D eigenvalue weighted by Crippen LogP contribution is -2.18. The summed E-state index contributed by atoms with van der Waals surface area (Å²) in [4.78, 5) is 4.15. The molecule has 18 heavy (non-hydrogen) atoms. The Bertz CT molecular complexity index is 512. The van der Waals surface area contributed by atoms with E-state index in [4.69, 9.17) is 4.74 Å². The van der Waals surface area contributed by atoms with Gasteiger partial charge in [0.15, 0.2) is 0 Å². The summed E-state index contributed by atoms with van der Waals surface area (Å²) in [6.45, 7) is 0.728. The van der Waals surface area contributed by atoms with Gasteiger partial charge in [-0.05, 0) is 17.5 Å². The van der Waals surface area contributed by atoms with Crippen molar-refractivity contribution in [3.05, 3.63) is 52.0 Å². The first-order chi connectivity index (χ1) is 8.84. The van der Waals surface area contributed by atoms with Gasteiger partial charge in [0.1, 0.15) is 0 Å². The number of ether oxygens (including phenoxy) is 1. The second-order valence-corrected chi connectivity index (χ2v) is 5.19. The van der Waals surface area contributed by atoms with Crippen molar-refractivity contribution in [1.82, 2.24) is 4.98 Å². The van der Waals surface area contributed by atoms with Crippen molar-refractivity contribution in [3.8, 4) is 0 Å². The average Bonchev–Trinajstić information content (AvgIpc) is 2.93. The Hall–Kier alpha value is -1.23. The van der Waals surface area contributed by atoms with Crippen LogP contribution in [-0.4, -0.2) is 16.7 Å². The van der Waals surface area contributed by atoms with Crippen molar-refractivity contribution < 1.29 is 9.84 Å². The van der Waals surface area contributed by atoms with Crippen molar-refractivity contribution in [2.45, 2.75) is 25.0 Å². The third kappa shape index (κ3) is 2.32. The second-order valence-electron chi connectivity index (χ2n) is 4.47. The molecule has 4 heteroatoms. The van der Waals surface area contributed by atoms with Crippen LogP contribution in [0.1, 0.15) is 35.4 Å². The van der Waals surface area contributed by atoms with Crippen LogP contribution in [0.3, 0.4) is 0 Å². The quantitative estimate of drug-likeness (QED) is 0.923. The molecular weight excluding hydrogens is 246 g/mol. The van der Waals surface area contributed by atoms with Crippen molar-refractivity contribution >= 4 is 11.3 Å². The van der Waals surface area contributed by atoms with Crippen LogP contribution in [0, 0.1) is 0 Å². The Morgan fingerprint density at radius 2 is 2.33 bits per heavy atom. The molecule has 94 valence electrons. The number of aliphatic hydroxyl groups excluding tert-OH is 1. The Kier molecular flexibility index (Phi) is 3.41. The maximum atomic E-state index is 10.2. The van der Waals surface area contributed by atoms with Crippen LogP contribution in [0.15, 0.2) is 35.2 Å². The molecule has 1 aliphatic rings. The number of fused-ring (bicyclic) bond motifs is 1. The van der Waals surface area contributed by atoms with E-state index in [1.165, 1.54) is 22.5 Å². The fourth-order valence-electron chi connectivity index (χ4n) is 2.38. The number of hydrogen-bond acceptors (Lipinski definition) is 4. The lowest BCUT2D eigenvalue weighted by atomic mass is 9.94. The Balaban J connectivity index is 1.78. The van der Waals surface area contributed by atoms with Crippen LogP contribution in [0.2, 0.25) is 0 Å². The number of aromatic nitrogens is 1. The predicted molar refractivity (Wildman–Crippen MR) is 70.5 cm³/mol. The van der Waals surface area contributed by atoms with Gasteiger partial charge in [-0.2, -0.15) is 0 Å². The summed E-state index contributed by atoms with van der Waals surface area (Å²) >= 11 is 1.50. The van der Waals surface area contributed by atoms with Crippen LogP contribution in [-0.2, 0) is 11.2 Å². The molecule has 2 heterocycles. The highest BCUT2D eigenvalue weighted by Crippen LogP contribution is 2.34. The van der Waals surface area contributed by atoms with Crippen molar-refractivity contribution in [1.29, 1.82) is 0 Å². The van der Waals surface area contributed by atoms with E-state index >= 15 is 0 Å². The van der Waals surface area contributed by atoms with E-state index in [-0.39, 0.29) is 6.10 Å². The highest BCUT2D eigenvalue weighted by molar-refractivity contribution is 7.07. The number of benzene rings is 1. The summed E-state index contributed by atoms with van der Waals surface area (Å²) in [6, 6.07) is 8.31. The van der Waals surface area contributed by atoms with Crippen molar-refractivity contribution in [3.63, 3.8) is 0 Å². The summed E-state index contributed by atoms with van der Waals surface area (Å²) in [6.07, 6.45) is 0.958. The number of thiazole rings is 1. The molecule has 3 nitrogen and oxygen atoms in total. The lowest BCUT2D eigenvalue weighted by Gasteiger charge is -2.27. The molecule has 1 aromatic carbocycles. The average molecular weight is 261 g/mol. The topological polar surface area (TPSA) is 42.4 Å². The zero-order valence-electron chi connectivity index (χ0n) is 9.95. The summed E-state index contributed by atoms with van der Waals surface area (Å²) in [5.74, 6) is 0. The predicted octanol–water partition coefficient (Wildman–Crippen LogP) is 2.88. The van der Waals surface area contributed by atoms with E-state index in [1.54, 1.807) is 5.51 Å². The van der Waals surface area contributed by atoms with Gasteiger partial charge in [-0.1, -0.05) is 24.3 Å². The largest absolute Gasteiger partial charge is 0.387 e. The number of rotatable bonds is 3. The molecule has 0 amide bonds. The Morgan fingerprint density at radius 3 is 3.17 bits per heavy atom. The molecule has 1 aliphatic heterocycles. The molecule has 0 spiro atoms. The summed E-state index contributed by atoms with van der Waals surface area (Å²) < 4.78 is 5.79. The van der Waals surface area contributed by atoms with E-state index in [0.29, 0.717) is 6.42 Å². The first-order valence-corrected chi connectivity index (χ1v) is 7.04. The highest BCUT2D eigenvalue weighted by atomic mass is 32.1. The minimum absolute atomic E-state index is 0.0216. The SMILES string of the molecule is OC(CC1OCCc2ccccc21)c1cscn1. The third-order valence-corrected chi connectivity index (χ3v) is 3.93. The van der Waals surface area contributed by atoms with Gasteiger partial charge in [0.05, 0.1) is 30.0 Å². The molecule has 2 atom stereocenters. The first kappa shape index (κ1) is 11.8. The zero-order chi connectivity index (χ0) is 12.4. The van der Waals surface area contributed by atoms with Crippen LogP contribution >= 0.6 is 11.3 Å². The first-order valence-electron chi connectivity index (χ1n) is 6.10. The molecule has 1 N–H and O–H groups in total. The van der Waals surface area contributed by atoms with Gasteiger partial charge in [0, 0.05) is 11.8 Å². The zero-order valence-corrected chi connectivity index (χ0v) is 10.8. The molecule has 2 aromatic rings. The van der Waals surface area contributed by atoms with Gasteiger partial charge in [-0.15, -0.1) is 11.3 Å². The van der Waals surface area contributed by atoms with Crippen LogP contribution in [0.5, 0.6) is 0 Å². The molecule has 0 fully saturated rings. The molecular formula is C14H15NO2S. The summed E-state index contributed by atoms with van der Waals surface area (Å²) in [7, 11) is 0. The van der Waals surface area contributed by atoms with Crippen molar-refractivity contribution in [2.24, 2.45) is 0 Å². The number of nitrogens with zero attached hydrogens (tertiary/aromatic N) is 1. The monoisotopic (exact) mass is 261 g/mol. The fraction of sp³-hybridized carbons (Fsp3) is 0.357. The Labute approximate surface area is 110 Å². The van der Waals surface area contributed by atoms with Gasteiger partial charge in [0.2, 0.25) is 0 Å². The standard InChI is InChI=1S/C14H15NO2S/c16-13(12-8-18-9-15-12)7-14-11-4-2-1-3-10(11)5-6-17-14/h1-4,8-9,13-14,16H,5-7H2. The fourth-order valence-corrected chi connectivity index (χ4v) is 2.98. The number of aliphatic hydroxyl groups is 1. The molecule has 0 bridgehead atoms. The number of hydrogen-bond donors (Lipinski definition) is 1. The van der Waals surface area contributed by atoms with Crippen molar-refractivity contribution in [2.75, 3.05) is 6.61 Å². The van der Waals surface area contributed by atoms with Crippen LogP contribution in [0.25, 0.3) is 0 Å². The summed E-state index contributed by atoms with van der Waals surface area (Å²) in [5, 5.41) is 12.0. The van der Waals surface area contributed by atoms with E-state index in [0.717, 1.165) is 18.7 Å². The van der Waals surface area contributed by atoms with Gasteiger partial charge < -0.3 is 9.84 Å². The third-order valence-electron chi connectivity index (χ3n) is 3.32. The van der Waals surface area contributed by atoms with Gasteiger partial charge in [-0.3, -0.25) is 0 Å². The molecule has 0 radical (unpaired) electrons. The van der Waals surface area contributed by atoms with E-state index in [1.807, 2.05) is 11.4 Å². The molecule has 0 aliphatic carbocycles. The molecule has 1 aromatic heterocycles. The minimum atomic E-state index is -0.549. The molecule has 3 rings (SSSR count). The lowest BCUT2D eigenvalue weighted by molar-refractivity contribution is 0.00295. The van der Waals surface area contributed by atoms with Gasteiger partial charge in [-0.25, -0.2) is 4.98 Å². The van der Waals surface area contributed by atoms with E-state index < -0.39 is 6.10 Å². The smallest absolute Gasteiger partial charge is 0.0996 e. The second kappa shape index (κ2) is 5.18. The minimum Gasteiger partial charge on any atom is -0.387 e. The highest BCUT2D eigenvalue weighted by Gasteiger charge is 2.24. The van der Waals surface area contributed by atoms with E-state index in [9.17, 15) is 5.11 Å². The molecule has 0 saturated carbocycles. The van der Waals surface area contributed by atoms with Crippen LogP contribution < -0.4 is 0 Å². The van der Waals surface area contributed by atoms with E-state index in [2.05, 4.69) is 23.2 Å². The Morgan fingerprint density at radius 1 is 1.44 bits per heavy atom.